The van der Waals surface area contributed by atoms with Crippen LogP contribution in [0.15, 0.2) is 83.1 Å². The van der Waals surface area contributed by atoms with Gasteiger partial charge in [0.25, 0.3) is 0 Å². The Balaban J connectivity index is 1.31. The van der Waals surface area contributed by atoms with Gasteiger partial charge in [0.2, 0.25) is 5.91 Å². The van der Waals surface area contributed by atoms with Gasteiger partial charge in [0, 0.05) is 37.8 Å². The molecule has 0 saturated carbocycles. The Bertz CT molecular complexity index is 1420. The predicted octanol–water partition coefficient (Wildman–Crippen LogP) is 7.59. The molecule has 0 bridgehead atoms. The molecule has 0 aliphatic heterocycles. The van der Waals surface area contributed by atoms with Crippen LogP contribution in [0.3, 0.4) is 0 Å². The number of ketones is 1. The Morgan fingerprint density at radius 2 is 1.68 bits per heavy atom. The number of Topliss-reactive ketones (excluding diaryl/α,β-unsaturated/α-hetero) is 1. The number of nitrogens with one attached hydrogen (secondary N) is 3. The molecule has 1 aromatic heterocycles. The van der Waals surface area contributed by atoms with Crippen molar-refractivity contribution in [3.8, 4) is 11.3 Å². The lowest BCUT2D eigenvalue weighted by Gasteiger charge is -2.13. The van der Waals surface area contributed by atoms with E-state index < -0.39 is 0 Å². The van der Waals surface area contributed by atoms with Gasteiger partial charge in [0.05, 0.1) is 10.9 Å². The normalized spacial score (nSPS) is 11.4. The number of aromatic nitrogens is 1. The van der Waals surface area contributed by atoms with Crippen LogP contribution in [0, 0.1) is 0 Å². The topological polar surface area (TPSA) is 83.1 Å². The smallest absolute Gasteiger partial charge is 0.239 e. The van der Waals surface area contributed by atoms with Gasteiger partial charge in [-0.3, -0.25) is 9.59 Å². The van der Waals surface area contributed by atoms with Crippen LogP contribution < -0.4 is 16.0 Å². The van der Waals surface area contributed by atoms with Gasteiger partial charge in [-0.05, 0) is 80.7 Å². The van der Waals surface area contributed by atoms with Crippen molar-refractivity contribution in [2.45, 2.75) is 24.0 Å². The van der Waals surface area contributed by atoms with Crippen molar-refractivity contribution in [1.29, 1.82) is 0 Å². The van der Waals surface area contributed by atoms with E-state index in [2.05, 4.69) is 20.9 Å². The van der Waals surface area contributed by atoms with Gasteiger partial charge in [-0.1, -0.05) is 29.8 Å². The van der Waals surface area contributed by atoms with Crippen LogP contribution in [0.2, 0.25) is 5.02 Å². The number of anilines is 3. The van der Waals surface area contributed by atoms with Gasteiger partial charge in [0.1, 0.15) is 0 Å². The predicted molar refractivity (Wildman–Crippen MR) is 159 cm³/mol. The summed E-state index contributed by atoms with van der Waals surface area (Å²) in [6.45, 7) is 3.38. The minimum atomic E-state index is -0.344. The molecule has 0 radical (unpaired) electrons. The van der Waals surface area contributed by atoms with Crippen LogP contribution in [0.25, 0.3) is 11.3 Å². The number of carbonyl (C=O) groups excluding carboxylic acids is 2. The van der Waals surface area contributed by atoms with Gasteiger partial charge in [-0.15, -0.1) is 23.1 Å². The van der Waals surface area contributed by atoms with Crippen molar-refractivity contribution in [3.63, 3.8) is 0 Å². The van der Waals surface area contributed by atoms with E-state index in [0.29, 0.717) is 20.8 Å². The molecule has 1 unspecified atom stereocenters. The minimum absolute atomic E-state index is 0.0128. The van der Waals surface area contributed by atoms with E-state index in [1.807, 2.05) is 60.8 Å². The Kier molecular flexibility index (Phi) is 8.94. The van der Waals surface area contributed by atoms with E-state index in [0.717, 1.165) is 27.5 Å². The highest BCUT2D eigenvalue weighted by Gasteiger charge is 2.17. The summed E-state index contributed by atoms with van der Waals surface area (Å²) in [6.07, 6.45) is 0. The first-order chi connectivity index (χ1) is 17.8. The molecule has 0 fully saturated rings. The van der Waals surface area contributed by atoms with Gasteiger partial charge in [-0.25, -0.2) is 4.98 Å². The second kappa shape index (κ2) is 12.3. The fourth-order valence-electron chi connectivity index (χ4n) is 3.28. The summed E-state index contributed by atoms with van der Waals surface area (Å²) in [5, 5.41) is 12.4. The molecular formula is C27H23ClN4O2S3. The van der Waals surface area contributed by atoms with E-state index in [1.54, 1.807) is 24.3 Å². The second-order valence-electron chi connectivity index (χ2n) is 8.03. The van der Waals surface area contributed by atoms with Crippen molar-refractivity contribution in [2.24, 2.45) is 0 Å². The fourth-order valence-corrected chi connectivity index (χ4v) is 5.29. The maximum Gasteiger partial charge on any atom is 0.239 e. The highest BCUT2D eigenvalue weighted by molar-refractivity contribution is 8.00. The number of rotatable bonds is 8. The molecule has 0 saturated heterocycles. The lowest BCUT2D eigenvalue weighted by atomic mass is 10.1. The third-order valence-electron chi connectivity index (χ3n) is 5.20. The molecule has 37 heavy (non-hydrogen) atoms. The molecule has 188 valence electrons. The first-order valence-corrected chi connectivity index (χ1v) is 13.8. The van der Waals surface area contributed by atoms with E-state index >= 15 is 0 Å². The SMILES string of the molecule is CC(=O)c1ccc(NC(=S)Nc2cccc(SC(C)C(=O)Nc3nc(-c4ccc(Cl)cc4)cs3)c2)cc1. The lowest BCUT2D eigenvalue weighted by molar-refractivity contribution is -0.115. The fraction of sp³-hybridized carbons (Fsp3) is 0.111. The summed E-state index contributed by atoms with van der Waals surface area (Å²) < 4.78 is 0. The van der Waals surface area contributed by atoms with Crippen molar-refractivity contribution in [3.05, 3.63) is 88.8 Å². The Hall–Kier alpha value is -3.24. The molecule has 10 heteroatoms. The van der Waals surface area contributed by atoms with Crippen LogP contribution in [0.4, 0.5) is 16.5 Å². The van der Waals surface area contributed by atoms with Crippen LogP contribution in [0.5, 0.6) is 0 Å². The van der Waals surface area contributed by atoms with Crippen molar-refractivity contribution >= 4 is 80.2 Å². The van der Waals surface area contributed by atoms with Crippen molar-refractivity contribution < 1.29 is 9.59 Å². The summed E-state index contributed by atoms with van der Waals surface area (Å²) in [6, 6.07) is 22.2. The molecule has 3 aromatic carbocycles. The number of hydrogen-bond acceptors (Lipinski definition) is 6. The van der Waals surface area contributed by atoms with Crippen molar-refractivity contribution in [2.75, 3.05) is 16.0 Å². The number of benzene rings is 3. The minimum Gasteiger partial charge on any atom is -0.332 e. The monoisotopic (exact) mass is 566 g/mol. The number of amides is 1. The number of carbonyl (C=O) groups is 2. The average molecular weight is 567 g/mol. The zero-order valence-electron chi connectivity index (χ0n) is 19.9. The quantitative estimate of drug-likeness (QED) is 0.115. The van der Waals surface area contributed by atoms with Gasteiger partial charge < -0.3 is 16.0 Å². The van der Waals surface area contributed by atoms with E-state index in [1.165, 1.54) is 30.0 Å². The van der Waals surface area contributed by atoms with Gasteiger partial charge >= 0.3 is 0 Å². The van der Waals surface area contributed by atoms with Gasteiger partial charge in [0.15, 0.2) is 16.0 Å². The average Bonchev–Trinajstić information content (AvgIpc) is 3.33. The largest absolute Gasteiger partial charge is 0.332 e. The third kappa shape index (κ3) is 7.62. The van der Waals surface area contributed by atoms with Crippen LogP contribution in [0.1, 0.15) is 24.2 Å². The number of hydrogen-bond donors (Lipinski definition) is 3. The first kappa shape index (κ1) is 26.8. The highest BCUT2D eigenvalue weighted by atomic mass is 35.5. The van der Waals surface area contributed by atoms with Gasteiger partial charge in [-0.2, -0.15) is 0 Å². The molecule has 0 aliphatic rings. The summed E-state index contributed by atoms with van der Waals surface area (Å²) in [7, 11) is 0. The molecule has 0 spiro atoms. The molecule has 4 aromatic rings. The molecule has 3 N–H and O–H groups in total. The molecule has 4 rings (SSSR count). The first-order valence-electron chi connectivity index (χ1n) is 11.2. The lowest BCUT2D eigenvalue weighted by Crippen LogP contribution is -2.22. The third-order valence-corrected chi connectivity index (χ3v) is 7.51. The molecule has 1 atom stereocenters. The molecular weight excluding hydrogens is 544 g/mol. The van der Waals surface area contributed by atoms with Crippen LogP contribution in [-0.2, 0) is 4.79 Å². The standard InChI is InChI=1S/C27H23ClN4O2S3/c1-16(33)18-8-12-21(13-9-18)29-26(35)30-22-4-3-5-23(14-22)37-17(2)25(34)32-27-31-24(15-36-27)19-6-10-20(28)11-7-19/h3-15,17H,1-2H3,(H2,29,30,35)(H,31,32,34). The Morgan fingerprint density at radius 3 is 2.38 bits per heavy atom. The van der Waals surface area contributed by atoms with Crippen LogP contribution in [-0.4, -0.2) is 27.0 Å². The van der Waals surface area contributed by atoms with E-state index in [9.17, 15) is 9.59 Å². The number of thiazole rings is 1. The molecule has 1 amide bonds. The Labute approximate surface area is 233 Å². The summed E-state index contributed by atoms with van der Waals surface area (Å²) in [5.74, 6) is -0.120. The molecule has 1 heterocycles. The zero-order chi connectivity index (χ0) is 26.4. The maximum atomic E-state index is 12.8. The number of thioether (sulfide) groups is 1. The molecule has 0 aliphatic carbocycles. The van der Waals surface area contributed by atoms with Crippen LogP contribution >= 0.6 is 46.9 Å². The number of nitrogens with zero attached hydrogens (tertiary/aromatic N) is 1. The maximum absolute atomic E-state index is 12.8. The van der Waals surface area contributed by atoms with Crippen molar-refractivity contribution in [1.82, 2.24) is 4.98 Å². The summed E-state index contributed by atoms with van der Waals surface area (Å²) in [5.41, 5.74) is 3.94. The summed E-state index contributed by atoms with van der Waals surface area (Å²) in [4.78, 5) is 29.7. The Morgan fingerprint density at radius 1 is 0.973 bits per heavy atom. The number of thiocarbonyl (C=S) groups is 1. The van der Waals surface area contributed by atoms with E-state index in [-0.39, 0.29) is 16.9 Å². The second-order valence-corrected chi connectivity index (χ2v) is 11.2. The highest BCUT2D eigenvalue weighted by Crippen LogP contribution is 2.29. The number of halogens is 1. The van der Waals surface area contributed by atoms with E-state index in [4.69, 9.17) is 23.8 Å². The summed E-state index contributed by atoms with van der Waals surface area (Å²) >= 11 is 14.2. The molecule has 6 nitrogen and oxygen atoms in total. The zero-order valence-corrected chi connectivity index (χ0v) is 23.2.